The Morgan fingerprint density at radius 1 is 1.16 bits per heavy atom. The molecule has 0 radical (unpaired) electrons. The number of hydrogen-bond donors (Lipinski definition) is 2. The fourth-order valence-electron chi connectivity index (χ4n) is 4.76. The summed E-state index contributed by atoms with van der Waals surface area (Å²) in [6.45, 7) is 3.40. The maximum Gasteiger partial charge on any atom is 0.326 e. The third kappa shape index (κ3) is 4.76. The molecule has 2 amide bonds. The van der Waals surface area contributed by atoms with E-state index < -0.39 is 35.3 Å². The maximum absolute atomic E-state index is 13.8. The number of nitrogens with zero attached hydrogens (tertiary/aromatic N) is 1. The third-order valence-corrected chi connectivity index (χ3v) is 6.65. The lowest BCUT2D eigenvalue weighted by molar-refractivity contribution is -0.165. The van der Waals surface area contributed by atoms with Crippen LogP contribution in [-0.2, 0) is 14.4 Å². The van der Waals surface area contributed by atoms with Crippen molar-refractivity contribution in [1.29, 1.82) is 0 Å². The van der Waals surface area contributed by atoms with E-state index in [9.17, 15) is 19.5 Å². The van der Waals surface area contributed by atoms with Gasteiger partial charge in [-0.2, -0.15) is 0 Å². The molecule has 6 nitrogen and oxygen atoms in total. The molecule has 1 aliphatic heterocycles. The molecule has 170 valence electrons. The smallest absolute Gasteiger partial charge is 0.326 e. The molecule has 1 unspecified atom stereocenters. The van der Waals surface area contributed by atoms with E-state index in [1.807, 2.05) is 18.2 Å². The van der Waals surface area contributed by atoms with E-state index in [-0.39, 0.29) is 18.8 Å². The van der Waals surface area contributed by atoms with Gasteiger partial charge in [0.25, 0.3) is 0 Å². The zero-order valence-electron chi connectivity index (χ0n) is 17.9. The Labute approximate surface area is 197 Å². The summed E-state index contributed by atoms with van der Waals surface area (Å²) < 4.78 is 0. The van der Waals surface area contributed by atoms with E-state index in [1.54, 1.807) is 44.2 Å². The highest BCUT2D eigenvalue weighted by Crippen LogP contribution is 2.52. The molecule has 1 saturated heterocycles. The van der Waals surface area contributed by atoms with Gasteiger partial charge in [-0.15, -0.1) is 0 Å². The summed E-state index contributed by atoms with van der Waals surface area (Å²) in [5.41, 5.74) is 5.96. The minimum absolute atomic E-state index is 0.178. The summed E-state index contributed by atoms with van der Waals surface area (Å²) in [5, 5.41) is 11.0. The van der Waals surface area contributed by atoms with Crippen molar-refractivity contribution in [2.75, 3.05) is 0 Å². The fraction of sp³-hybridized carbons (Fsp3) is 0.375. The minimum Gasteiger partial charge on any atom is -0.480 e. The number of carbonyl (C=O) groups excluding carboxylic acids is 2. The van der Waals surface area contributed by atoms with E-state index in [4.69, 9.17) is 28.9 Å². The number of carboxylic acids is 1. The lowest BCUT2D eigenvalue weighted by atomic mass is 9.67. The Balaban J connectivity index is 2.26. The van der Waals surface area contributed by atoms with Crippen LogP contribution in [-0.4, -0.2) is 33.8 Å². The number of likely N-dealkylation sites (tertiary alicyclic amines) is 1. The molecule has 1 fully saturated rings. The van der Waals surface area contributed by atoms with Crippen molar-refractivity contribution in [2.24, 2.45) is 11.1 Å². The van der Waals surface area contributed by atoms with Crippen LogP contribution >= 0.6 is 23.2 Å². The van der Waals surface area contributed by atoms with Gasteiger partial charge in [-0.25, -0.2) is 4.79 Å². The summed E-state index contributed by atoms with van der Waals surface area (Å²) in [4.78, 5) is 39.3. The molecule has 2 aromatic rings. The van der Waals surface area contributed by atoms with Crippen LogP contribution in [0.25, 0.3) is 0 Å². The van der Waals surface area contributed by atoms with Gasteiger partial charge in [-0.3, -0.25) is 9.59 Å². The van der Waals surface area contributed by atoms with Gasteiger partial charge in [0.1, 0.15) is 6.04 Å². The number of aliphatic carboxylic acids is 1. The molecule has 4 atom stereocenters. The van der Waals surface area contributed by atoms with Crippen molar-refractivity contribution in [2.45, 2.75) is 51.1 Å². The summed E-state index contributed by atoms with van der Waals surface area (Å²) in [5.74, 6) is -2.43. The third-order valence-electron chi connectivity index (χ3n) is 6.16. The summed E-state index contributed by atoms with van der Waals surface area (Å²) in [6, 6.07) is 12.7. The number of carbonyl (C=O) groups is 3. The number of piperidine rings is 1. The van der Waals surface area contributed by atoms with Crippen molar-refractivity contribution in [3.05, 3.63) is 69.7 Å². The van der Waals surface area contributed by atoms with Crippen molar-refractivity contribution < 1.29 is 19.5 Å². The second-order valence-corrected chi connectivity index (χ2v) is 9.41. The zero-order chi connectivity index (χ0) is 23.6. The quantitative estimate of drug-likeness (QED) is 0.599. The molecule has 0 bridgehead atoms. The van der Waals surface area contributed by atoms with Crippen LogP contribution in [0.2, 0.25) is 10.0 Å². The number of hydrogen-bond acceptors (Lipinski definition) is 3. The van der Waals surface area contributed by atoms with Gasteiger partial charge in [-0.05, 0) is 48.2 Å². The predicted molar refractivity (Wildman–Crippen MR) is 123 cm³/mol. The molecule has 2 aromatic carbocycles. The fourth-order valence-corrected chi connectivity index (χ4v) is 5.09. The van der Waals surface area contributed by atoms with Gasteiger partial charge in [0, 0.05) is 22.4 Å². The Morgan fingerprint density at radius 2 is 1.81 bits per heavy atom. The lowest BCUT2D eigenvalue weighted by Gasteiger charge is -2.51. The highest BCUT2D eigenvalue weighted by atomic mass is 35.5. The summed E-state index contributed by atoms with van der Waals surface area (Å²) >= 11 is 12.4. The number of rotatable bonds is 7. The number of amides is 2. The Morgan fingerprint density at radius 3 is 2.34 bits per heavy atom. The van der Waals surface area contributed by atoms with Gasteiger partial charge in [0.2, 0.25) is 11.8 Å². The molecule has 1 aliphatic rings. The number of carboxylic acid groups (broad SMARTS) is 1. The highest BCUT2D eigenvalue weighted by molar-refractivity contribution is 6.30. The predicted octanol–water partition coefficient (Wildman–Crippen LogP) is 4.80. The SMILES string of the molecule is CCC(C(=O)O)N1C(=O)[C@@](C)(CC(N)=O)C[C@H](c2cccc(Cl)c2)[C@H]1c1ccc(Cl)cc1. The van der Waals surface area contributed by atoms with Crippen LogP contribution in [0.5, 0.6) is 0 Å². The molecule has 3 N–H and O–H groups in total. The molecule has 0 saturated carbocycles. The number of benzene rings is 2. The van der Waals surface area contributed by atoms with Crippen LogP contribution in [0.1, 0.15) is 56.2 Å². The highest BCUT2D eigenvalue weighted by Gasteiger charge is 2.53. The summed E-state index contributed by atoms with van der Waals surface area (Å²) in [6.07, 6.45) is 0.345. The van der Waals surface area contributed by atoms with Gasteiger partial charge < -0.3 is 15.7 Å². The molecule has 32 heavy (non-hydrogen) atoms. The van der Waals surface area contributed by atoms with Crippen LogP contribution in [0.15, 0.2) is 48.5 Å². The van der Waals surface area contributed by atoms with Crippen LogP contribution in [0, 0.1) is 5.41 Å². The van der Waals surface area contributed by atoms with E-state index in [0.29, 0.717) is 16.5 Å². The van der Waals surface area contributed by atoms with Crippen LogP contribution in [0.3, 0.4) is 0 Å². The van der Waals surface area contributed by atoms with Gasteiger partial charge in [0.15, 0.2) is 0 Å². The molecule has 8 heteroatoms. The topological polar surface area (TPSA) is 101 Å². The maximum atomic E-state index is 13.8. The lowest BCUT2D eigenvalue weighted by Crippen LogP contribution is -2.58. The van der Waals surface area contributed by atoms with E-state index in [2.05, 4.69) is 0 Å². The van der Waals surface area contributed by atoms with Gasteiger partial charge >= 0.3 is 5.97 Å². The largest absolute Gasteiger partial charge is 0.480 e. The van der Waals surface area contributed by atoms with Crippen molar-refractivity contribution >= 4 is 41.0 Å². The van der Waals surface area contributed by atoms with Crippen molar-refractivity contribution in [3.8, 4) is 0 Å². The Kier molecular flexibility index (Phi) is 7.16. The molecule has 0 spiro atoms. The first-order valence-electron chi connectivity index (χ1n) is 10.4. The molecule has 3 rings (SSSR count). The average Bonchev–Trinajstić information content (AvgIpc) is 2.71. The van der Waals surface area contributed by atoms with Crippen molar-refractivity contribution in [1.82, 2.24) is 4.90 Å². The molecule has 0 aromatic heterocycles. The van der Waals surface area contributed by atoms with Crippen LogP contribution < -0.4 is 5.73 Å². The van der Waals surface area contributed by atoms with Gasteiger partial charge in [0.05, 0.1) is 11.5 Å². The monoisotopic (exact) mass is 476 g/mol. The van der Waals surface area contributed by atoms with E-state index in [0.717, 1.165) is 11.1 Å². The number of nitrogens with two attached hydrogens (primary N) is 1. The second kappa shape index (κ2) is 9.51. The first kappa shape index (κ1) is 24.1. The van der Waals surface area contributed by atoms with Crippen molar-refractivity contribution in [3.63, 3.8) is 0 Å². The Hall–Kier alpha value is -2.57. The molecular weight excluding hydrogens is 451 g/mol. The minimum atomic E-state index is -1.15. The Bertz CT molecular complexity index is 1030. The first-order valence-corrected chi connectivity index (χ1v) is 11.2. The van der Waals surface area contributed by atoms with E-state index in [1.165, 1.54) is 4.90 Å². The second-order valence-electron chi connectivity index (χ2n) is 8.54. The van der Waals surface area contributed by atoms with Crippen LogP contribution in [0.4, 0.5) is 0 Å². The molecule has 0 aliphatic carbocycles. The number of halogens is 2. The van der Waals surface area contributed by atoms with Gasteiger partial charge in [-0.1, -0.05) is 61.3 Å². The first-order chi connectivity index (χ1) is 15.1. The normalized spacial score (nSPS) is 24.2. The molecule has 1 heterocycles. The number of primary amides is 1. The molecular formula is C24H26Cl2N2O4. The average molecular weight is 477 g/mol. The standard InChI is InChI=1S/C24H26Cl2N2O4/c1-3-19(22(30)31)28-21(14-7-9-16(25)10-8-14)18(15-5-4-6-17(26)11-15)12-24(2,23(28)32)13-20(27)29/h4-11,18-19,21H,3,12-13H2,1-2H3,(H2,27,29)(H,30,31)/t18-,19?,21-,24-/m1/s1. The summed E-state index contributed by atoms with van der Waals surface area (Å²) in [7, 11) is 0. The van der Waals surface area contributed by atoms with E-state index >= 15 is 0 Å². The zero-order valence-corrected chi connectivity index (χ0v) is 19.4.